The van der Waals surface area contributed by atoms with Gasteiger partial charge >= 0.3 is 0 Å². The minimum atomic E-state index is 0.0762. The number of hydrogen-bond acceptors (Lipinski definition) is 2. The third-order valence-corrected chi connectivity index (χ3v) is 6.02. The van der Waals surface area contributed by atoms with Crippen LogP contribution in [-0.4, -0.2) is 28.9 Å². The quantitative estimate of drug-likeness (QED) is 0.372. The fourth-order valence-electron chi connectivity index (χ4n) is 4.35. The summed E-state index contributed by atoms with van der Waals surface area (Å²) in [5.74, 6) is 0.0762. The van der Waals surface area contributed by atoms with Crippen LogP contribution in [0.4, 0.5) is 0 Å². The summed E-state index contributed by atoms with van der Waals surface area (Å²) in [6, 6.07) is 20.0. The molecule has 0 atom stereocenters. The van der Waals surface area contributed by atoms with Crippen LogP contribution >= 0.6 is 11.6 Å². The number of rotatable bonds is 2. The van der Waals surface area contributed by atoms with Crippen LogP contribution in [0.25, 0.3) is 32.9 Å². The first kappa shape index (κ1) is 18.1. The monoisotopic (exact) mass is 400 g/mol. The minimum absolute atomic E-state index is 0.0762. The normalized spacial score (nSPS) is 14.1. The number of benzene rings is 3. The van der Waals surface area contributed by atoms with E-state index >= 15 is 0 Å². The van der Waals surface area contributed by atoms with Crippen molar-refractivity contribution in [3.05, 3.63) is 76.8 Å². The van der Waals surface area contributed by atoms with Gasteiger partial charge in [0.15, 0.2) is 0 Å². The number of hydrogen-bond donors (Lipinski definition) is 0. The molecule has 0 aliphatic carbocycles. The molecule has 144 valence electrons. The van der Waals surface area contributed by atoms with Gasteiger partial charge < -0.3 is 4.90 Å². The van der Waals surface area contributed by atoms with E-state index < -0.39 is 0 Å². The molecule has 0 N–H and O–H groups in total. The Bertz CT molecular complexity index is 1240. The van der Waals surface area contributed by atoms with E-state index in [0.717, 1.165) is 64.4 Å². The standard InChI is InChI=1S/C25H21ClN2O/c1-16-9-11-19(25(29)28-13-5-6-14-28)24-22(16)23(17-7-3-2-4-8-17)20-15-18(26)10-12-21(20)27-24/h2-4,7-12,15H,5-6,13-14H2,1H3. The molecule has 3 nitrogen and oxygen atoms in total. The average Bonchev–Trinajstić information content (AvgIpc) is 3.28. The van der Waals surface area contributed by atoms with Crippen LogP contribution in [0.15, 0.2) is 60.7 Å². The number of pyridine rings is 1. The van der Waals surface area contributed by atoms with E-state index in [1.54, 1.807) is 0 Å². The SMILES string of the molecule is Cc1ccc(C(=O)N2CCCC2)c2nc3ccc(Cl)cc3c(-c3ccccc3)c12. The average molecular weight is 401 g/mol. The van der Waals surface area contributed by atoms with Gasteiger partial charge in [-0.05, 0) is 55.2 Å². The van der Waals surface area contributed by atoms with E-state index in [-0.39, 0.29) is 5.91 Å². The van der Waals surface area contributed by atoms with Gasteiger partial charge in [-0.3, -0.25) is 4.79 Å². The second-order valence-corrected chi connectivity index (χ2v) is 8.10. The number of carbonyl (C=O) groups is 1. The molecule has 5 rings (SSSR count). The van der Waals surface area contributed by atoms with Gasteiger partial charge in [0.05, 0.1) is 16.6 Å². The highest BCUT2D eigenvalue weighted by atomic mass is 35.5. The van der Waals surface area contributed by atoms with Crippen LogP contribution in [0, 0.1) is 6.92 Å². The van der Waals surface area contributed by atoms with Crippen molar-refractivity contribution in [1.82, 2.24) is 9.88 Å². The van der Waals surface area contributed by atoms with Crippen molar-refractivity contribution in [1.29, 1.82) is 0 Å². The molecule has 1 aliphatic rings. The highest BCUT2D eigenvalue weighted by Gasteiger charge is 2.24. The molecule has 0 radical (unpaired) electrons. The second-order valence-electron chi connectivity index (χ2n) is 7.67. The van der Waals surface area contributed by atoms with Crippen molar-refractivity contribution < 1.29 is 4.79 Å². The molecule has 0 saturated carbocycles. The molecule has 3 aromatic carbocycles. The molecule has 1 fully saturated rings. The molecule has 1 aromatic heterocycles. The summed E-state index contributed by atoms with van der Waals surface area (Å²) in [4.78, 5) is 20.2. The van der Waals surface area contributed by atoms with Crippen molar-refractivity contribution in [3.8, 4) is 11.1 Å². The Kier molecular flexibility index (Phi) is 4.48. The van der Waals surface area contributed by atoms with Crippen LogP contribution in [-0.2, 0) is 0 Å². The molecular weight excluding hydrogens is 380 g/mol. The number of amides is 1. The first-order chi connectivity index (χ1) is 14.1. The lowest BCUT2D eigenvalue weighted by Gasteiger charge is -2.19. The van der Waals surface area contributed by atoms with Crippen LogP contribution in [0.2, 0.25) is 5.02 Å². The number of halogens is 1. The molecule has 0 spiro atoms. The molecule has 1 aliphatic heterocycles. The van der Waals surface area contributed by atoms with Gasteiger partial charge in [-0.15, -0.1) is 0 Å². The number of likely N-dealkylation sites (tertiary alicyclic amines) is 1. The summed E-state index contributed by atoms with van der Waals surface area (Å²) in [5, 5.41) is 2.71. The lowest BCUT2D eigenvalue weighted by molar-refractivity contribution is 0.0794. The molecular formula is C25H21ClN2O. The molecule has 1 saturated heterocycles. The fourth-order valence-corrected chi connectivity index (χ4v) is 4.52. The first-order valence-electron chi connectivity index (χ1n) is 10.0. The van der Waals surface area contributed by atoms with Crippen LogP contribution < -0.4 is 0 Å². The maximum atomic E-state index is 13.3. The number of fused-ring (bicyclic) bond motifs is 2. The Labute approximate surface area is 174 Å². The number of aromatic nitrogens is 1. The molecule has 0 bridgehead atoms. The summed E-state index contributed by atoms with van der Waals surface area (Å²) in [5.41, 5.74) is 5.59. The van der Waals surface area contributed by atoms with Crippen molar-refractivity contribution >= 4 is 39.3 Å². The van der Waals surface area contributed by atoms with Crippen molar-refractivity contribution in [2.24, 2.45) is 0 Å². The maximum Gasteiger partial charge on any atom is 0.256 e. The molecule has 0 unspecified atom stereocenters. The predicted molar refractivity (Wildman–Crippen MR) is 120 cm³/mol. The maximum absolute atomic E-state index is 13.3. The van der Waals surface area contributed by atoms with E-state index in [9.17, 15) is 4.79 Å². The Morgan fingerprint density at radius 3 is 2.52 bits per heavy atom. The highest BCUT2D eigenvalue weighted by molar-refractivity contribution is 6.31. The van der Waals surface area contributed by atoms with Gasteiger partial charge in [0.25, 0.3) is 5.91 Å². The van der Waals surface area contributed by atoms with Gasteiger partial charge in [0, 0.05) is 34.4 Å². The van der Waals surface area contributed by atoms with E-state index in [1.807, 2.05) is 53.4 Å². The summed E-state index contributed by atoms with van der Waals surface area (Å²) in [6.45, 7) is 3.73. The topological polar surface area (TPSA) is 33.2 Å². The van der Waals surface area contributed by atoms with Gasteiger partial charge in [0.2, 0.25) is 0 Å². The number of aryl methyl sites for hydroxylation is 1. The number of nitrogens with zero attached hydrogens (tertiary/aromatic N) is 2. The smallest absolute Gasteiger partial charge is 0.256 e. The van der Waals surface area contributed by atoms with E-state index in [1.165, 1.54) is 0 Å². The lowest BCUT2D eigenvalue weighted by Crippen LogP contribution is -2.28. The van der Waals surface area contributed by atoms with Crippen molar-refractivity contribution in [2.75, 3.05) is 13.1 Å². The zero-order valence-corrected chi connectivity index (χ0v) is 17.0. The van der Waals surface area contributed by atoms with E-state index in [4.69, 9.17) is 16.6 Å². The zero-order chi connectivity index (χ0) is 20.0. The molecule has 29 heavy (non-hydrogen) atoms. The molecule has 1 amide bonds. The molecule has 2 heterocycles. The predicted octanol–water partition coefficient (Wildman–Crippen LogP) is 6.25. The Morgan fingerprint density at radius 1 is 1.00 bits per heavy atom. The Hall–Kier alpha value is -2.91. The molecule has 4 heteroatoms. The van der Waals surface area contributed by atoms with E-state index in [0.29, 0.717) is 10.6 Å². The zero-order valence-electron chi connectivity index (χ0n) is 16.3. The van der Waals surface area contributed by atoms with Crippen molar-refractivity contribution in [2.45, 2.75) is 19.8 Å². The minimum Gasteiger partial charge on any atom is -0.339 e. The van der Waals surface area contributed by atoms with Crippen molar-refractivity contribution in [3.63, 3.8) is 0 Å². The fraction of sp³-hybridized carbons (Fsp3) is 0.200. The lowest BCUT2D eigenvalue weighted by atomic mass is 9.92. The van der Waals surface area contributed by atoms with Gasteiger partial charge in [-0.1, -0.05) is 48.0 Å². The van der Waals surface area contributed by atoms with Gasteiger partial charge in [0.1, 0.15) is 0 Å². The Balaban J connectivity index is 1.89. The van der Waals surface area contributed by atoms with E-state index in [2.05, 4.69) is 19.1 Å². The van der Waals surface area contributed by atoms with Crippen LogP contribution in [0.5, 0.6) is 0 Å². The van der Waals surface area contributed by atoms with Gasteiger partial charge in [-0.2, -0.15) is 0 Å². The third kappa shape index (κ3) is 3.06. The summed E-state index contributed by atoms with van der Waals surface area (Å²) >= 11 is 6.35. The van der Waals surface area contributed by atoms with Crippen LogP contribution in [0.1, 0.15) is 28.8 Å². The summed E-state index contributed by atoms with van der Waals surface area (Å²) in [6.07, 6.45) is 2.14. The second kappa shape index (κ2) is 7.16. The Morgan fingerprint density at radius 2 is 1.76 bits per heavy atom. The first-order valence-corrected chi connectivity index (χ1v) is 10.4. The van der Waals surface area contributed by atoms with Gasteiger partial charge in [-0.25, -0.2) is 4.98 Å². The summed E-state index contributed by atoms with van der Waals surface area (Å²) < 4.78 is 0. The third-order valence-electron chi connectivity index (χ3n) is 5.78. The highest BCUT2D eigenvalue weighted by Crippen LogP contribution is 2.38. The molecule has 4 aromatic rings. The largest absolute Gasteiger partial charge is 0.339 e. The summed E-state index contributed by atoms with van der Waals surface area (Å²) in [7, 11) is 0. The van der Waals surface area contributed by atoms with Crippen LogP contribution in [0.3, 0.4) is 0 Å². The number of carbonyl (C=O) groups excluding carboxylic acids is 1.